The van der Waals surface area contributed by atoms with Gasteiger partial charge >= 0.3 is 24.4 Å². The maximum absolute atomic E-state index is 12.6. The molecule has 0 bridgehead atoms. The van der Waals surface area contributed by atoms with Crippen molar-refractivity contribution in [1.82, 2.24) is 0 Å². The first-order chi connectivity index (χ1) is 8.55. The summed E-state index contributed by atoms with van der Waals surface area (Å²) in [4.78, 5) is 10.8. The highest BCUT2D eigenvalue weighted by Gasteiger charge is 2.49. The lowest BCUT2D eigenvalue weighted by atomic mass is 10.2. The summed E-state index contributed by atoms with van der Waals surface area (Å²) < 4.78 is 85.7. The smallest absolute Gasteiger partial charge is 0.321 e. The quantitative estimate of drug-likeness (QED) is 0.847. The van der Waals surface area contributed by atoms with E-state index >= 15 is 0 Å². The Morgan fingerprint density at radius 1 is 1.11 bits per heavy atom. The maximum atomic E-state index is 12.6. The highest BCUT2D eigenvalue weighted by Crippen LogP contribution is 2.31. The van der Waals surface area contributed by atoms with Gasteiger partial charge in [0.2, 0.25) is 0 Å². The molecule has 0 spiro atoms. The number of benzene rings is 1. The average molecular weight is 289 g/mol. The molecular weight excluding hydrogens is 283 g/mol. The van der Waals surface area contributed by atoms with E-state index in [9.17, 15) is 35.5 Å². The number of hydrogen-bond acceptors (Lipinski definition) is 1. The molecule has 1 rings (SSSR count). The molecule has 0 saturated carbocycles. The van der Waals surface area contributed by atoms with Crippen molar-refractivity contribution in [3.8, 4) is 0 Å². The maximum Gasteiger partial charge on any atom is 0.416 e. The molecule has 9 heteroatoms. The van der Waals surface area contributed by atoms with Gasteiger partial charge in [0.15, 0.2) is 0 Å². The molecule has 0 heterocycles. The molecule has 1 N–H and O–H groups in total. The Morgan fingerprint density at radius 3 is 2.16 bits per heavy atom. The van der Waals surface area contributed by atoms with Crippen LogP contribution in [0.2, 0.25) is 0 Å². The summed E-state index contributed by atoms with van der Waals surface area (Å²) in [7, 11) is 0. The van der Waals surface area contributed by atoms with Crippen LogP contribution in [0.3, 0.4) is 0 Å². The van der Waals surface area contributed by atoms with E-state index in [0.717, 1.165) is 12.1 Å². The molecule has 0 aromatic heterocycles. The second-order valence-electron chi connectivity index (χ2n) is 3.46. The second-order valence-corrected chi connectivity index (χ2v) is 3.46. The van der Waals surface area contributed by atoms with E-state index < -0.39 is 35.7 Å². The molecule has 0 unspecified atom stereocenters. The minimum atomic E-state index is -4.98. The van der Waals surface area contributed by atoms with Crippen LogP contribution in [0.15, 0.2) is 24.3 Å². The van der Waals surface area contributed by atoms with Gasteiger partial charge in [0.1, 0.15) is 0 Å². The van der Waals surface area contributed by atoms with E-state index in [1.54, 1.807) is 0 Å². The summed E-state index contributed by atoms with van der Waals surface area (Å²) in [5.74, 6) is -7.35. The first-order valence-electron chi connectivity index (χ1n) is 4.70. The van der Waals surface area contributed by atoms with Gasteiger partial charge < -0.3 is 5.32 Å². The summed E-state index contributed by atoms with van der Waals surface area (Å²) in [6, 6.07) is 2.72. The van der Waals surface area contributed by atoms with Crippen LogP contribution in [0.25, 0.3) is 0 Å². The standard InChI is InChI=1S/C10H6F7NO/c11-7(12)9(13,14)8(19)18-6-3-1-2-5(4-6)10(15,16)17/h1-4,7H,(H,18,19). The predicted octanol–water partition coefficient (Wildman–Crippen LogP) is 3.54. The minimum Gasteiger partial charge on any atom is -0.321 e. The number of halogens is 7. The minimum absolute atomic E-state index is 0.361. The van der Waals surface area contributed by atoms with E-state index in [1.165, 1.54) is 5.32 Å². The molecule has 0 saturated heterocycles. The van der Waals surface area contributed by atoms with Crippen LogP contribution in [0.1, 0.15) is 5.56 Å². The first kappa shape index (κ1) is 15.3. The summed E-state index contributed by atoms with van der Waals surface area (Å²) in [5.41, 5.74) is -1.86. The van der Waals surface area contributed by atoms with Gasteiger partial charge in [0, 0.05) is 5.69 Å². The van der Waals surface area contributed by atoms with Crippen molar-refractivity contribution < 1.29 is 35.5 Å². The number of carbonyl (C=O) groups is 1. The second kappa shape index (κ2) is 5.06. The third kappa shape index (κ3) is 3.58. The van der Waals surface area contributed by atoms with E-state index in [0.29, 0.717) is 12.1 Å². The summed E-state index contributed by atoms with van der Waals surface area (Å²) in [6.45, 7) is 0. The van der Waals surface area contributed by atoms with Crippen LogP contribution in [0, 0.1) is 0 Å². The number of hydrogen-bond donors (Lipinski definition) is 1. The van der Waals surface area contributed by atoms with E-state index in [-0.39, 0.29) is 0 Å². The van der Waals surface area contributed by atoms with E-state index in [2.05, 4.69) is 0 Å². The van der Waals surface area contributed by atoms with Gasteiger partial charge in [-0.1, -0.05) is 6.07 Å². The zero-order valence-electron chi connectivity index (χ0n) is 8.94. The molecular formula is C10H6F7NO. The lowest BCUT2D eigenvalue weighted by Crippen LogP contribution is -2.41. The number of amides is 1. The van der Waals surface area contributed by atoms with Gasteiger partial charge in [-0.25, -0.2) is 8.78 Å². The molecule has 1 aromatic carbocycles. The van der Waals surface area contributed by atoms with Crippen LogP contribution in [0.4, 0.5) is 36.4 Å². The Morgan fingerprint density at radius 2 is 1.68 bits per heavy atom. The molecule has 106 valence electrons. The number of nitrogens with one attached hydrogen (secondary N) is 1. The number of alkyl halides is 7. The summed E-state index contributed by atoms with van der Waals surface area (Å²) in [5, 5.41) is 1.31. The largest absolute Gasteiger partial charge is 0.416 e. The molecule has 0 aliphatic rings. The third-order valence-electron chi connectivity index (χ3n) is 2.02. The Balaban J connectivity index is 2.93. The molecule has 1 amide bonds. The lowest BCUT2D eigenvalue weighted by Gasteiger charge is -2.15. The Kier molecular flexibility index (Phi) is 4.06. The van der Waals surface area contributed by atoms with Crippen LogP contribution >= 0.6 is 0 Å². The van der Waals surface area contributed by atoms with Crippen LogP contribution in [0.5, 0.6) is 0 Å². The summed E-state index contributed by atoms with van der Waals surface area (Å²) in [6.07, 6.45) is -9.00. The third-order valence-corrected chi connectivity index (χ3v) is 2.02. The fourth-order valence-corrected chi connectivity index (χ4v) is 1.09. The highest BCUT2D eigenvalue weighted by atomic mass is 19.4. The van der Waals surface area contributed by atoms with Gasteiger partial charge in [0.05, 0.1) is 5.56 Å². The topological polar surface area (TPSA) is 29.1 Å². The van der Waals surface area contributed by atoms with Crippen molar-refractivity contribution >= 4 is 11.6 Å². The first-order valence-corrected chi connectivity index (χ1v) is 4.70. The van der Waals surface area contributed by atoms with Crippen molar-refractivity contribution in [2.75, 3.05) is 5.32 Å². The molecule has 0 aliphatic heterocycles. The van der Waals surface area contributed by atoms with E-state index in [1.807, 2.05) is 0 Å². The van der Waals surface area contributed by atoms with Crippen molar-refractivity contribution in [3.05, 3.63) is 29.8 Å². The molecule has 0 atom stereocenters. The van der Waals surface area contributed by atoms with E-state index in [4.69, 9.17) is 0 Å². The van der Waals surface area contributed by atoms with Gasteiger partial charge in [-0.3, -0.25) is 4.79 Å². The monoisotopic (exact) mass is 289 g/mol. The summed E-state index contributed by atoms with van der Waals surface area (Å²) >= 11 is 0. The van der Waals surface area contributed by atoms with Crippen LogP contribution in [-0.2, 0) is 11.0 Å². The van der Waals surface area contributed by atoms with Gasteiger partial charge in [-0.15, -0.1) is 0 Å². The molecule has 0 fully saturated rings. The Labute approximate surface area is 102 Å². The van der Waals surface area contributed by atoms with Crippen molar-refractivity contribution in [2.45, 2.75) is 18.5 Å². The van der Waals surface area contributed by atoms with Gasteiger partial charge in [-0.05, 0) is 18.2 Å². The molecule has 0 aliphatic carbocycles. The average Bonchev–Trinajstić information content (AvgIpc) is 2.27. The fourth-order valence-electron chi connectivity index (χ4n) is 1.09. The number of carbonyl (C=O) groups excluding carboxylic acids is 1. The van der Waals surface area contributed by atoms with Crippen LogP contribution < -0.4 is 5.32 Å². The van der Waals surface area contributed by atoms with Gasteiger partial charge in [0.25, 0.3) is 0 Å². The van der Waals surface area contributed by atoms with Crippen molar-refractivity contribution in [2.24, 2.45) is 0 Å². The fraction of sp³-hybridized carbons (Fsp3) is 0.300. The Hall–Kier alpha value is -1.80. The molecule has 19 heavy (non-hydrogen) atoms. The predicted molar refractivity (Wildman–Crippen MR) is 51.0 cm³/mol. The number of anilines is 1. The zero-order chi connectivity index (χ0) is 14.8. The molecule has 1 aromatic rings. The normalized spacial score (nSPS) is 12.6. The van der Waals surface area contributed by atoms with Crippen LogP contribution in [-0.4, -0.2) is 18.3 Å². The Bertz CT molecular complexity index is 469. The lowest BCUT2D eigenvalue weighted by molar-refractivity contribution is -0.163. The molecule has 0 radical (unpaired) electrons. The zero-order valence-corrected chi connectivity index (χ0v) is 8.94. The van der Waals surface area contributed by atoms with Gasteiger partial charge in [-0.2, -0.15) is 22.0 Å². The molecule has 2 nitrogen and oxygen atoms in total. The number of rotatable bonds is 3. The van der Waals surface area contributed by atoms with Crippen molar-refractivity contribution in [3.63, 3.8) is 0 Å². The highest BCUT2D eigenvalue weighted by molar-refractivity contribution is 5.96. The van der Waals surface area contributed by atoms with Crippen molar-refractivity contribution in [1.29, 1.82) is 0 Å². The SMILES string of the molecule is O=C(Nc1cccc(C(F)(F)F)c1)C(F)(F)C(F)F.